The molecule has 0 aromatic carbocycles. The first-order valence-electron chi connectivity index (χ1n) is 8.63. The number of carbonyl (C=O) groups excluding carboxylic acids is 2. The Morgan fingerprint density at radius 3 is 1.96 bits per heavy atom. The molecule has 0 saturated carbocycles. The zero-order valence-electron chi connectivity index (χ0n) is 14.0. The van der Waals surface area contributed by atoms with Crippen molar-refractivity contribution in [1.82, 2.24) is 0 Å². The van der Waals surface area contributed by atoms with Gasteiger partial charge in [0.05, 0.1) is 5.56 Å². The zero-order chi connectivity index (χ0) is 18.4. The number of primary amides is 1. The van der Waals surface area contributed by atoms with Crippen LogP contribution in [-0.4, -0.2) is 18.0 Å². The van der Waals surface area contributed by atoms with Crippen LogP contribution in [0.5, 0.6) is 0 Å². The van der Waals surface area contributed by atoms with Gasteiger partial charge in [-0.25, -0.2) is 0 Å². The summed E-state index contributed by atoms with van der Waals surface area (Å²) in [5.41, 5.74) is 6.19. The van der Waals surface area contributed by atoms with Crippen LogP contribution in [0, 0.1) is 0 Å². The molecular weight excluding hydrogens is 353 g/mol. The van der Waals surface area contributed by atoms with Crippen LogP contribution in [-0.2, 0) is 17.6 Å². The quantitative estimate of drug-likeness (QED) is 0.794. The van der Waals surface area contributed by atoms with Crippen molar-refractivity contribution in [2.24, 2.45) is 5.73 Å². The lowest BCUT2D eigenvalue weighted by atomic mass is 9.97. The third kappa shape index (κ3) is 5.45. The Bertz CT molecular complexity index is 626. The number of aryl methyl sites for hydroxylation is 1. The maximum absolute atomic E-state index is 12.6. The fourth-order valence-electron chi connectivity index (χ4n) is 3.15. The van der Waals surface area contributed by atoms with Crippen LogP contribution in [0.2, 0.25) is 0 Å². The van der Waals surface area contributed by atoms with Gasteiger partial charge in [-0.05, 0) is 31.2 Å². The van der Waals surface area contributed by atoms with Crippen LogP contribution in [0.25, 0.3) is 0 Å². The van der Waals surface area contributed by atoms with E-state index in [1.807, 2.05) is 5.32 Å². The van der Waals surface area contributed by atoms with Crippen molar-refractivity contribution in [3.8, 4) is 0 Å². The minimum absolute atomic E-state index is 0.0506. The molecule has 0 spiro atoms. The van der Waals surface area contributed by atoms with E-state index in [1.165, 1.54) is 12.8 Å². The predicted molar refractivity (Wildman–Crippen MR) is 91.9 cm³/mol. The summed E-state index contributed by atoms with van der Waals surface area (Å²) in [6.45, 7) is 0. The van der Waals surface area contributed by atoms with Gasteiger partial charge in [-0.1, -0.05) is 38.5 Å². The van der Waals surface area contributed by atoms with Crippen molar-refractivity contribution >= 4 is 28.2 Å². The van der Waals surface area contributed by atoms with Crippen LogP contribution in [0.3, 0.4) is 0 Å². The summed E-state index contributed by atoms with van der Waals surface area (Å²) in [6, 6.07) is 0. The summed E-state index contributed by atoms with van der Waals surface area (Å²) in [5.74, 6) is -2.87. The predicted octanol–water partition coefficient (Wildman–Crippen LogP) is 4.57. The van der Waals surface area contributed by atoms with Gasteiger partial charge in [-0.3, -0.25) is 9.59 Å². The van der Waals surface area contributed by atoms with Crippen LogP contribution in [0.15, 0.2) is 0 Å². The molecule has 1 aromatic rings. The van der Waals surface area contributed by atoms with E-state index in [-0.39, 0.29) is 10.6 Å². The molecule has 25 heavy (non-hydrogen) atoms. The number of thiophene rings is 1. The number of halogens is 3. The molecule has 0 bridgehead atoms. The number of alkyl halides is 3. The lowest BCUT2D eigenvalue weighted by Gasteiger charge is -2.09. The molecule has 0 aliphatic heterocycles. The number of rotatable bonds is 2. The smallest absolute Gasteiger partial charge is 0.365 e. The zero-order valence-corrected chi connectivity index (χ0v) is 14.8. The van der Waals surface area contributed by atoms with Gasteiger partial charge >= 0.3 is 12.1 Å². The lowest BCUT2D eigenvalue weighted by Crippen LogP contribution is -2.30. The van der Waals surface area contributed by atoms with Gasteiger partial charge in [-0.2, -0.15) is 13.2 Å². The summed E-state index contributed by atoms with van der Waals surface area (Å²) < 4.78 is 37.7. The molecule has 0 unspecified atom stereocenters. The first-order valence-corrected chi connectivity index (χ1v) is 9.45. The van der Waals surface area contributed by atoms with Crippen molar-refractivity contribution in [3.63, 3.8) is 0 Å². The molecule has 0 fully saturated rings. The van der Waals surface area contributed by atoms with E-state index >= 15 is 0 Å². The van der Waals surface area contributed by atoms with Crippen molar-refractivity contribution in [2.75, 3.05) is 5.32 Å². The second-order valence-corrected chi connectivity index (χ2v) is 7.46. The standard InChI is InChI=1S/C17H23F3N2O2S/c18-17(19,20)16(24)22-15-13(14(21)23)11-9-7-5-3-1-2-4-6-8-10-12(11)25-15/h1-10H2,(H2,21,23)(H,22,24). The fourth-order valence-corrected chi connectivity index (χ4v) is 4.44. The van der Waals surface area contributed by atoms with Crippen molar-refractivity contribution in [3.05, 3.63) is 16.0 Å². The number of fused-ring (bicyclic) bond motifs is 1. The number of carbonyl (C=O) groups is 2. The number of amides is 2. The summed E-state index contributed by atoms with van der Waals surface area (Å²) >= 11 is 1.05. The van der Waals surface area contributed by atoms with Crippen LogP contribution < -0.4 is 11.1 Å². The molecule has 3 N–H and O–H groups in total. The van der Waals surface area contributed by atoms with Gasteiger partial charge in [-0.15, -0.1) is 11.3 Å². The summed E-state index contributed by atoms with van der Waals surface area (Å²) in [4.78, 5) is 24.0. The Morgan fingerprint density at radius 1 is 0.920 bits per heavy atom. The average molecular weight is 376 g/mol. The van der Waals surface area contributed by atoms with E-state index in [4.69, 9.17) is 5.73 Å². The highest BCUT2D eigenvalue weighted by atomic mass is 32.1. The fraction of sp³-hybridized carbons (Fsp3) is 0.647. The summed E-state index contributed by atoms with van der Waals surface area (Å²) in [6.07, 6.45) is 4.78. The summed E-state index contributed by atoms with van der Waals surface area (Å²) in [7, 11) is 0. The van der Waals surface area contributed by atoms with E-state index in [1.54, 1.807) is 0 Å². The minimum atomic E-state index is -5.00. The molecule has 2 rings (SSSR count). The molecule has 0 atom stereocenters. The van der Waals surface area contributed by atoms with Crippen molar-refractivity contribution < 1.29 is 22.8 Å². The molecule has 0 saturated heterocycles. The number of nitrogens with one attached hydrogen (secondary N) is 1. The third-order valence-electron chi connectivity index (χ3n) is 4.40. The van der Waals surface area contributed by atoms with Gasteiger partial charge < -0.3 is 11.1 Å². The second-order valence-electron chi connectivity index (χ2n) is 6.35. The van der Waals surface area contributed by atoms with Crippen molar-refractivity contribution in [2.45, 2.75) is 70.4 Å². The first-order chi connectivity index (χ1) is 11.8. The molecule has 1 aromatic heterocycles. The molecule has 140 valence electrons. The van der Waals surface area contributed by atoms with Crippen molar-refractivity contribution in [1.29, 1.82) is 0 Å². The normalized spacial score (nSPS) is 17.1. The van der Waals surface area contributed by atoms with Gasteiger partial charge in [0.25, 0.3) is 5.91 Å². The molecule has 8 heteroatoms. The molecule has 2 amide bonds. The lowest BCUT2D eigenvalue weighted by molar-refractivity contribution is -0.167. The van der Waals surface area contributed by atoms with E-state index in [0.717, 1.165) is 60.3 Å². The average Bonchev–Trinajstić information content (AvgIpc) is 2.83. The van der Waals surface area contributed by atoms with E-state index < -0.39 is 18.0 Å². The Morgan fingerprint density at radius 2 is 1.44 bits per heavy atom. The Labute approximate surface area is 149 Å². The highest BCUT2D eigenvalue weighted by Gasteiger charge is 2.40. The monoisotopic (exact) mass is 376 g/mol. The molecule has 4 nitrogen and oxygen atoms in total. The Kier molecular flexibility index (Phi) is 6.87. The molecule has 0 radical (unpaired) electrons. The maximum atomic E-state index is 12.6. The number of hydrogen-bond acceptors (Lipinski definition) is 3. The number of hydrogen-bond donors (Lipinski definition) is 2. The van der Waals surface area contributed by atoms with Crippen LogP contribution in [0.4, 0.5) is 18.2 Å². The second kappa shape index (κ2) is 8.69. The largest absolute Gasteiger partial charge is 0.471 e. The highest BCUT2D eigenvalue weighted by molar-refractivity contribution is 7.17. The van der Waals surface area contributed by atoms with E-state index in [2.05, 4.69) is 0 Å². The molecule has 1 heterocycles. The minimum Gasteiger partial charge on any atom is -0.365 e. The van der Waals surface area contributed by atoms with Crippen LogP contribution >= 0.6 is 11.3 Å². The molecule has 1 aliphatic rings. The van der Waals surface area contributed by atoms with E-state index in [9.17, 15) is 22.8 Å². The highest BCUT2D eigenvalue weighted by Crippen LogP contribution is 2.37. The first kappa shape index (κ1) is 19.8. The number of anilines is 1. The van der Waals surface area contributed by atoms with Gasteiger partial charge in [0.15, 0.2) is 0 Å². The van der Waals surface area contributed by atoms with Gasteiger partial charge in [0, 0.05) is 4.88 Å². The summed E-state index contributed by atoms with van der Waals surface area (Å²) in [5, 5.41) is 1.77. The van der Waals surface area contributed by atoms with Gasteiger partial charge in [0.2, 0.25) is 0 Å². The number of nitrogens with two attached hydrogens (primary N) is 1. The molecular formula is C17H23F3N2O2S. The maximum Gasteiger partial charge on any atom is 0.471 e. The third-order valence-corrected chi connectivity index (χ3v) is 5.61. The Balaban J connectivity index is 2.32. The topological polar surface area (TPSA) is 72.2 Å². The molecule has 1 aliphatic carbocycles. The van der Waals surface area contributed by atoms with Gasteiger partial charge in [0.1, 0.15) is 5.00 Å². The van der Waals surface area contributed by atoms with E-state index in [0.29, 0.717) is 12.8 Å². The van der Waals surface area contributed by atoms with Crippen LogP contribution in [0.1, 0.15) is 72.2 Å². The Hall–Kier alpha value is -1.57. The SMILES string of the molecule is NC(=O)c1c(NC(=O)C(F)(F)F)sc2c1CCCCCCCCCC2.